The number of hydrogen-bond acceptors (Lipinski definition) is 5. The molecule has 1 rings (SSSR count). The molecule has 1 aromatic rings. The first-order chi connectivity index (χ1) is 9.90. The monoisotopic (exact) mass is 296 g/mol. The van der Waals surface area contributed by atoms with Crippen LogP contribution in [0.4, 0.5) is 5.69 Å². The van der Waals surface area contributed by atoms with E-state index in [0.717, 1.165) is 0 Å². The van der Waals surface area contributed by atoms with Gasteiger partial charge in [-0.15, -0.1) is 0 Å². The van der Waals surface area contributed by atoms with E-state index in [1.165, 1.54) is 20.3 Å². The molecule has 0 aliphatic carbocycles. The summed E-state index contributed by atoms with van der Waals surface area (Å²) in [4.78, 5) is 12.2. The topological polar surface area (TPSA) is 93.8 Å². The van der Waals surface area contributed by atoms with E-state index in [1.54, 1.807) is 6.07 Å². The van der Waals surface area contributed by atoms with Crippen LogP contribution in [0, 0.1) is 0 Å². The van der Waals surface area contributed by atoms with E-state index in [4.69, 9.17) is 15.2 Å². The molecule has 1 amide bonds. The van der Waals surface area contributed by atoms with Gasteiger partial charge in [0.1, 0.15) is 0 Å². The number of rotatable bonds is 7. The van der Waals surface area contributed by atoms with Crippen molar-refractivity contribution in [3.63, 3.8) is 0 Å². The Morgan fingerprint density at radius 1 is 1.24 bits per heavy atom. The highest BCUT2D eigenvalue weighted by atomic mass is 16.5. The van der Waals surface area contributed by atoms with Gasteiger partial charge in [-0.3, -0.25) is 4.79 Å². The summed E-state index contributed by atoms with van der Waals surface area (Å²) in [6, 6.07) is 3.07. The fourth-order valence-electron chi connectivity index (χ4n) is 1.93. The molecule has 0 heterocycles. The molecule has 0 aromatic heterocycles. The first-order valence-electron chi connectivity index (χ1n) is 6.92. The quantitative estimate of drug-likeness (QED) is 0.664. The third-order valence-electron chi connectivity index (χ3n) is 3.69. The highest BCUT2D eigenvalue weighted by molar-refractivity contribution is 6.00. The highest BCUT2D eigenvalue weighted by Crippen LogP contribution is 2.31. The van der Waals surface area contributed by atoms with Gasteiger partial charge in [-0.05, 0) is 18.9 Å². The molecule has 0 bridgehead atoms. The van der Waals surface area contributed by atoms with E-state index >= 15 is 0 Å². The van der Waals surface area contributed by atoms with Crippen molar-refractivity contribution in [3.8, 4) is 11.5 Å². The van der Waals surface area contributed by atoms with Gasteiger partial charge in [0.2, 0.25) is 0 Å². The molecule has 1 aromatic carbocycles. The number of benzene rings is 1. The Hall–Kier alpha value is -1.95. The molecule has 0 radical (unpaired) electrons. The van der Waals surface area contributed by atoms with Crippen molar-refractivity contribution in [1.29, 1.82) is 0 Å². The number of anilines is 1. The molecule has 6 nitrogen and oxygen atoms in total. The summed E-state index contributed by atoms with van der Waals surface area (Å²) in [5, 5.41) is 12.9. The van der Waals surface area contributed by atoms with E-state index in [9.17, 15) is 9.90 Å². The van der Waals surface area contributed by atoms with Crippen molar-refractivity contribution in [2.24, 2.45) is 0 Å². The van der Waals surface area contributed by atoms with Crippen molar-refractivity contribution < 1.29 is 19.4 Å². The second-order valence-corrected chi connectivity index (χ2v) is 4.91. The predicted molar refractivity (Wildman–Crippen MR) is 81.8 cm³/mol. The van der Waals surface area contributed by atoms with Crippen LogP contribution in [0.3, 0.4) is 0 Å². The van der Waals surface area contributed by atoms with Crippen LogP contribution in [-0.4, -0.2) is 37.4 Å². The largest absolute Gasteiger partial charge is 0.493 e. The molecule has 118 valence electrons. The molecule has 0 unspecified atom stereocenters. The van der Waals surface area contributed by atoms with Crippen LogP contribution < -0.4 is 20.5 Å². The highest BCUT2D eigenvalue weighted by Gasteiger charge is 2.24. The molecule has 0 saturated heterocycles. The number of nitrogens with two attached hydrogens (primary N) is 1. The maximum absolute atomic E-state index is 12.2. The fourth-order valence-corrected chi connectivity index (χ4v) is 1.93. The molecule has 0 atom stereocenters. The first kappa shape index (κ1) is 17.1. The molecular formula is C15H24N2O4. The summed E-state index contributed by atoms with van der Waals surface area (Å²) >= 11 is 0. The Labute approximate surface area is 125 Å². The fraction of sp³-hybridized carbons (Fsp3) is 0.533. The van der Waals surface area contributed by atoms with Crippen LogP contribution >= 0.6 is 0 Å². The summed E-state index contributed by atoms with van der Waals surface area (Å²) < 4.78 is 10.3. The lowest BCUT2D eigenvalue weighted by molar-refractivity contribution is 0.0314. The standard InChI is InChI=1S/C15H24N2O4/c1-5-15(19,6-2)9-17-14(18)10-7-12(20-3)13(21-4)8-11(10)16/h7-8,19H,5-6,9,16H2,1-4H3,(H,17,18). The number of ether oxygens (including phenoxy) is 2. The number of nitrogens with one attached hydrogen (secondary N) is 1. The number of nitrogen functional groups attached to an aromatic ring is 1. The van der Waals surface area contributed by atoms with Crippen molar-refractivity contribution >= 4 is 11.6 Å². The molecular weight excluding hydrogens is 272 g/mol. The van der Waals surface area contributed by atoms with E-state index in [0.29, 0.717) is 35.6 Å². The summed E-state index contributed by atoms with van der Waals surface area (Å²) in [5.74, 6) is 0.539. The molecule has 21 heavy (non-hydrogen) atoms. The minimum Gasteiger partial charge on any atom is -0.493 e. The summed E-state index contributed by atoms with van der Waals surface area (Å²) in [7, 11) is 2.99. The molecule has 4 N–H and O–H groups in total. The van der Waals surface area contributed by atoms with Gasteiger partial charge in [0.15, 0.2) is 11.5 Å². The average Bonchev–Trinajstić information content (AvgIpc) is 2.51. The van der Waals surface area contributed by atoms with Gasteiger partial charge < -0.3 is 25.6 Å². The second-order valence-electron chi connectivity index (χ2n) is 4.91. The van der Waals surface area contributed by atoms with Crippen LogP contribution in [-0.2, 0) is 0 Å². The Bertz CT molecular complexity index is 499. The smallest absolute Gasteiger partial charge is 0.253 e. The lowest BCUT2D eigenvalue weighted by Gasteiger charge is -2.25. The Morgan fingerprint density at radius 3 is 2.24 bits per heavy atom. The number of methoxy groups -OCH3 is 2. The van der Waals surface area contributed by atoms with Gasteiger partial charge in [-0.2, -0.15) is 0 Å². The molecule has 0 saturated carbocycles. The molecule has 0 spiro atoms. The zero-order chi connectivity index (χ0) is 16.0. The van der Waals surface area contributed by atoms with Gasteiger partial charge >= 0.3 is 0 Å². The third kappa shape index (κ3) is 4.01. The minimum absolute atomic E-state index is 0.173. The van der Waals surface area contributed by atoms with Crippen LogP contribution in [0.5, 0.6) is 11.5 Å². The van der Waals surface area contributed by atoms with Gasteiger partial charge in [0.25, 0.3) is 5.91 Å². The van der Waals surface area contributed by atoms with Crippen molar-refractivity contribution in [1.82, 2.24) is 5.32 Å². The van der Waals surface area contributed by atoms with Crippen LogP contribution in [0.1, 0.15) is 37.0 Å². The van der Waals surface area contributed by atoms with Crippen molar-refractivity contribution in [2.45, 2.75) is 32.3 Å². The van der Waals surface area contributed by atoms with Gasteiger partial charge in [0.05, 0.1) is 25.4 Å². The number of amides is 1. The van der Waals surface area contributed by atoms with Gasteiger partial charge in [0, 0.05) is 18.3 Å². The summed E-state index contributed by atoms with van der Waals surface area (Å²) in [6.45, 7) is 3.92. The second kappa shape index (κ2) is 7.17. The Kier molecular flexibility index (Phi) is 5.84. The van der Waals surface area contributed by atoms with E-state index < -0.39 is 5.60 Å². The molecule has 0 aliphatic heterocycles. The Balaban J connectivity index is 2.93. The summed E-state index contributed by atoms with van der Waals surface area (Å²) in [5.41, 5.74) is 5.55. The van der Waals surface area contributed by atoms with E-state index in [2.05, 4.69) is 5.32 Å². The van der Waals surface area contributed by atoms with Gasteiger partial charge in [-0.25, -0.2) is 0 Å². The number of carbonyl (C=O) groups excluding carboxylic acids is 1. The Morgan fingerprint density at radius 2 is 1.76 bits per heavy atom. The van der Waals surface area contributed by atoms with Crippen LogP contribution in [0.2, 0.25) is 0 Å². The summed E-state index contributed by atoms with van der Waals surface area (Å²) in [6.07, 6.45) is 1.12. The average molecular weight is 296 g/mol. The SMILES string of the molecule is CCC(O)(CC)CNC(=O)c1cc(OC)c(OC)cc1N. The lowest BCUT2D eigenvalue weighted by atomic mass is 9.97. The van der Waals surface area contributed by atoms with Crippen molar-refractivity contribution in [2.75, 3.05) is 26.5 Å². The zero-order valence-corrected chi connectivity index (χ0v) is 13.0. The van der Waals surface area contributed by atoms with Crippen LogP contribution in [0.25, 0.3) is 0 Å². The lowest BCUT2D eigenvalue weighted by Crippen LogP contribution is -2.42. The third-order valence-corrected chi connectivity index (χ3v) is 3.69. The number of carbonyl (C=O) groups is 1. The first-order valence-corrected chi connectivity index (χ1v) is 6.92. The number of aliphatic hydroxyl groups is 1. The molecule has 0 aliphatic rings. The predicted octanol–water partition coefficient (Wildman–Crippen LogP) is 1.57. The minimum atomic E-state index is -0.902. The normalized spacial score (nSPS) is 11.1. The van der Waals surface area contributed by atoms with Gasteiger partial charge in [-0.1, -0.05) is 13.8 Å². The zero-order valence-electron chi connectivity index (χ0n) is 13.0. The van der Waals surface area contributed by atoms with E-state index in [-0.39, 0.29) is 12.5 Å². The van der Waals surface area contributed by atoms with Crippen LogP contribution in [0.15, 0.2) is 12.1 Å². The maximum Gasteiger partial charge on any atom is 0.253 e. The van der Waals surface area contributed by atoms with E-state index in [1.807, 2.05) is 13.8 Å². The molecule has 6 heteroatoms. The number of hydrogen-bond donors (Lipinski definition) is 3. The molecule has 0 fully saturated rings. The maximum atomic E-state index is 12.2. The van der Waals surface area contributed by atoms with Crippen molar-refractivity contribution in [3.05, 3.63) is 17.7 Å².